The highest BCUT2D eigenvalue weighted by atomic mass is 32.2. The average molecular weight is 386 g/mol. The maximum absolute atomic E-state index is 13.2. The second kappa shape index (κ2) is 6.85. The SMILES string of the molecule is O=C(CSc1nc2ccccc2s1)N=Nc1c(O)[nH]c2cc(F)ccc12. The maximum Gasteiger partial charge on any atom is 0.274 e. The van der Waals surface area contributed by atoms with Crippen molar-refractivity contribution < 1.29 is 14.3 Å². The summed E-state index contributed by atoms with van der Waals surface area (Å²) < 4.78 is 15.0. The van der Waals surface area contributed by atoms with Crippen LogP contribution in [0, 0.1) is 5.82 Å². The van der Waals surface area contributed by atoms with Gasteiger partial charge in [0.25, 0.3) is 5.91 Å². The molecule has 0 spiro atoms. The Bertz CT molecular complexity index is 1120. The quantitative estimate of drug-likeness (QED) is 0.380. The third kappa shape index (κ3) is 3.31. The summed E-state index contributed by atoms with van der Waals surface area (Å²) in [7, 11) is 0. The van der Waals surface area contributed by atoms with Crippen molar-refractivity contribution in [1.29, 1.82) is 0 Å². The van der Waals surface area contributed by atoms with E-state index in [-0.39, 0.29) is 17.3 Å². The summed E-state index contributed by atoms with van der Waals surface area (Å²) in [6.07, 6.45) is 0. The number of hydrogen-bond donors (Lipinski definition) is 2. The number of aromatic hydroxyl groups is 1. The van der Waals surface area contributed by atoms with E-state index in [4.69, 9.17) is 0 Å². The fraction of sp³-hybridized carbons (Fsp3) is 0.0588. The summed E-state index contributed by atoms with van der Waals surface area (Å²) in [5, 5.41) is 17.8. The van der Waals surface area contributed by atoms with Crippen molar-refractivity contribution in [3.05, 3.63) is 48.3 Å². The van der Waals surface area contributed by atoms with Gasteiger partial charge < -0.3 is 10.1 Å². The van der Waals surface area contributed by atoms with Crippen LogP contribution >= 0.6 is 23.1 Å². The Morgan fingerprint density at radius 1 is 1.31 bits per heavy atom. The van der Waals surface area contributed by atoms with Gasteiger partial charge in [-0.2, -0.15) is 0 Å². The number of amides is 1. The Labute approximate surface area is 154 Å². The van der Waals surface area contributed by atoms with Crippen molar-refractivity contribution in [1.82, 2.24) is 9.97 Å². The van der Waals surface area contributed by atoms with Crippen molar-refractivity contribution in [3.63, 3.8) is 0 Å². The number of azo groups is 1. The molecule has 130 valence electrons. The monoisotopic (exact) mass is 386 g/mol. The number of thioether (sulfide) groups is 1. The van der Waals surface area contributed by atoms with Gasteiger partial charge in [-0.1, -0.05) is 23.9 Å². The first-order valence-corrected chi connectivity index (χ1v) is 9.33. The van der Waals surface area contributed by atoms with E-state index in [9.17, 15) is 14.3 Å². The highest BCUT2D eigenvalue weighted by Gasteiger charge is 2.12. The third-order valence-electron chi connectivity index (χ3n) is 3.57. The zero-order chi connectivity index (χ0) is 18.1. The first-order chi connectivity index (χ1) is 12.6. The van der Waals surface area contributed by atoms with Crippen molar-refractivity contribution >= 4 is 55.8 Å². The van der Waals surface area contributed by atoms with E-state index >= 15 is 0 Å². The molecule has 0 bridgehead atoms. The van der Waals surface area contributed by atoms with Gasteiger partial charge in [0.2, 0.25) is 5.88 Å². The summed E-state index contributed by atoms with van der Waals surface area (Å²) in [6, 6.07) is 11.7. The average Bonchev–Trinajstić information content (AvgIpc) is 3.17. The van der Waals surface area contributed by atoms with E-state index in [0.717, 1.165) is 14.6 Å². The van der Waals surface area contributed by atoms with E-state index in [2.05, 4.69) is 20.2 Å². The summed E-state index contributed by atoms with van der Waals surface area (Å²) in [4.78, 5) is 19.0. The number of rotatable bonds is 4. The summed E-state index contributed by atoms with van der Waals surface area (Å²) in [5.74, 6) is -1.07. The topological polar surface area (TPSA) is 90.7 Å². The molecule has 0 unspecified atom stereocenters. The summed E-state index contributed by atoms with van der Waals surface area (Å²) in [6.45, 7) is 0. The second-order valence-corrected chi connectivity index (χ2v) is 7.60. The molecule has 0 aliphatic heterocycles. The fourth-order valence-corrected chi connectivity index (χ4v) is 4.26. The molecule has 2 aromatic heterocycles. The predicted molar refractivity (Wildman–Crippen MR) is 99.8 cm³/mol. The molecular weight excluding hydrogens is 375 g/mol. The van der Waals surface area contributed by atoms with Gasteiger partial charge in [0.1, 0.15) is 5.82 Å². The number of fused-ring (bicyclic) bond motifs is 2. The number of H-pyrrole nitrogens is 1. The molecule has 26 heavy (non-hydrogen) atoms. The van der Waals surface area contributed by atoms with Gasteiger partial charge in [-0.05, 0) is 30.3 Å². The highest BCUT2D eigenvalue weighted by Crippen LogP contribution is 2.36. The number of thiazole rings is 1. The number of hydrogen-bond acceptors (Lipinski definition) is 6. The lowest BCUT2D eigenvalue weighted by atomic mass is 10.2. The lowest BCUT2D eigenvalue weighted by molar-refractivity contribution is -0.115. The summed E-state index contributed by atoms with van der Waals surface area (Å²) in [5.41, 5.74) is 1.39. The maximum atomic E-state index is 13.2. The first kappa shape index (κ1) is 16.7. The van der Waals surface area contributed by atoms with E-state index in [1.54, 1.807) is 0 Å². The molecule has 6 nitrogen and oxygen atoms in total. The molecule has 0 aliphatic rings. The van der Waals surface area contributed by atoms with Crippen LogP contribution in [0.1, 0.15) is 0 Å². The van der Waals surface area contributed by atoms with Gasteiger partial charge in [0.15, 0.2) is 10.0 Å². The molecule has 0 atom stereocenters. The van der Waals surface area contributed by atoms with Crippen LogP contribution in [0.15, 0.2) is 57.0 Å². The Kier molecular flexibility index (Phi) is 4.39. The van der Waals surface area contributed by atoms with Crippen LogP contribution in [0.2, 0.25) is 0 Å². The molecule has 0 aliphatic carbocycles. The Morgan fingerprint density at radius 3 is 3.00 bits per heavy atom. The minimum Gasteiger partial charge on any atom is -0.493 e. The van der Waals surface area contributed by atoms with E-state index in [1.165, 1.54) is 41.3 Å². The minimum absolute atomic E-state index is 0.0844. The Morgan fingerprint density at radius 2 is 2.15 bits per heavy atom. The van der Waals surface area contributed by atoms with Crippen LogP contribution in [-0.2, 0) is 4.79 Å². The number of para-hydroxylation sites is 1. The Balaban J connectivity index is 1.47. The standard InChI is InChI=1S/C17H11FN4O2S2/c18-9-5-6-10-12(7-9)19-16(24)15(10)22-21-14(23)8-25-17-20-11-3-1-2-4-13(11)26-17/h1-7,19,24H,8H2. The van der Waals surface area contributed by atoms with Crippen molar-refractivity contribution in [3.8, 4) is 5.88 Å². The zero-order valence-electron chi connectivity index (χ0n) is 13.1. The number of nitrogens with one attached hydrogen (secondary N) is 1. The van der Waals surface area contributed by atoms with Gasteiger partial charge >= 0.3 is 0 Å². The van der Waals surface area contributed by atoms with E-state index < -0.39 is 11.7 Å². The smallest absolute Gasteiger partial charge is 0.274 e. The molecule has 9 heteroatoms. The van der Waals surface area contributed by atoms with Crippen molar-refractivity contribution in [2.75, 3.05) is 5.75 Å². The number of benzene rings is 2. The second-order valence-electron chi connectivity index (χ2n) is 5.34. The van der Waals surface area contributed by atoms with Gasteiger partial charge in [0, 0.05) is 5.39 Å². The van der Waals surface area contributed by atoms with Gasteiger partial charge in [-0.25, -0.2) is 9.37 Å². The van der Waals surface area contributed by atoms with Crippen LogP contribution in [-0.4, -0.2) is 26.7 Å². The van der Waals surface area contributed by atoms with Crippen LogP contribution in [0.4, 0.5) is 10.1 Å². The van der Waals surface area contributed by atoms with Gasteiger partial charge in [-0.3, -0.25) is 4.79 Å². The van der Waals surface area contributed by atoms with Crippen LogP contribution in [0.25, 0.3) is 21.1 Å². The Hall–Kier alpha value is -2.78. The van der Waals surface area contributed by atoms with E-state index in [1.807, 2.05) is 24.3 Å². The molecule has 4 rings (SSSR count). The fourth-order valence-electron chi connectivity index (χ4n) is 2.41. The van der Waals surface area contributed by atoms with E-state index in [0.29, 0.717) is 10.9 Å². The number of halogens is 1. The predicted octanol–water partition coefficient (Wildman–Crippen LogP) is 5.02. The van der Waals surface area contributed by atoms with Crippen LogP contribution in [0.5, 0.6) is 5.88 Å². The first-order valence-electron chi connectivity index (χ1n) is 7.53. The molecule has 4 aromatic rings. The molecule has 0 fully saturated rings. The molecule has 2 heterocycles. The molecule has 2 N–H and O–H groups in total. The number of aromatic nitrogens is 2. The molecule has 0 saturated carbocycles. The third-order valence-corrected chi connectivity index (χ3v) is 5.73. The molecule has 0 saturated heterocycles. The molecule has 0 radical (unpaired) electrons. The number of carbonyl (C=O) groups excluding carboxylic acids is 1. The normalized spacial score (nSPS) is 11.7. The van der Waals surface area contributed by atoms with Gasteiger partial charge in [-0.15, -0.1) is 21.6 Å². The molecule has 1 amide bonds. The number of aromatic amines is 1. The largest absolute Gasteiger partial charge is 0.493 e. The highest BCUT2D eigenvalue weighted by molar-refractivity contribution is 8.01. The van der Waals surface area contributed by atoms with Crippen molar-refractivity contribution in [2.45, 2.75) is 4.34 Å². The van der Waals surface area contributed by atoms with Crippen molar-refractivity contribution in [2.24, 2.45) is 10.2 Å². The van der Waals surface area contributed by atoms with Gasteiger partial charge in [0.05, 0.1) is 21.5 Å². The number of nitrogens with zero attached hydrogens (tertiary/aromatic N) is 3. The molecular formula is C17H11FN4O2S2. The van der Waals surface area contributed by atoms with Crippen LogP contribution < -0.4 is 0 Å². The number of carbonyl (C=O) groups is 1. The summed E-state index contributed by atoms with van der Waals surface area (Å²) >= 11 is 2.79. The lowest BCUT2D eigenvalue weighted by Crippen LogP contribution is -1.94. The molecule has 2 aromatic carbocycles. The minimum atomic E-state index is -0.454. The van der Waals surface area contributed by atoms with Crippen LogP contribution in [0.3, 0.4) is 0 Å². The lowest BCUT2D eigenvalue weighted by Gasteiger charge is -1.93. The zero-order valence-corrected chi connectivity index (χ0v) is 14.8.